The Bertz CT molecular complexity index is 464. The fraction of sp³-hybridized carbons (Fsp3) is 0.667. The second-order valence-electron chi connectivity index (χ2n) is 6.57. The summed E-state index contributed by atoms with van der Waals surface area (Å²) < 4.78 is 6.28. The van der Waals surface area contributed by atoms with Crippen LogP contribution in [0.2, 0.25) is 0 Å². The van der Waals surface area contributed by atoms with Crippen molar-refractivity contribution in [3.8, 4) is 0 Å². The number of hydrazine groups is 1. The lowest BCUT2D eigenvalue weighted by Crippen LogP contribution is -2.50. The number of nitrogens with two attached hydrogens (primary N) is 1. The molecular formula is C18H30N2O. The summed E-state index contributed by atoms with van der Waals surface area (Å²) in [6.45, 7) is 9.48. The molecule has 0 heterocycles. The van der Waals surface area contributed by atoms with Crippen LogP contribution < -0.4 is 11.3 Å². The largest absolute Gasteiger partial charge is 0.373 e. The molecule has 0 aliphatic heterocycles. The standard InChI is InChI=1S/C18H30N2O/c1-5-21-18(11-9-13(2)10-12-18)17(20-19)16-8-6-7-14(3)15(16)4/h6-8,13,17,20H,5,9-12,19H2,1-4H3. The third-order valence-corrected chi connectivity index (χ3v) is 5.20. The number of ether oxygens (including phenoxy) is 1. The zero-order chi connectivity index (χ0) is 15.5. The predicted molar refractivity (Wildman–Crippen MR) is 88.0 cm³/mol. The maximum Gasteiger partial charge on any atom is 0.0889 e. The molecule has 0 spiro atoms. The molecule has 3 N–H and O–H groups in total. The predicted octanol–water partition coefficient (Wildman–Crippen LogP) is 3.79. The molecule has 21 heavy (non-hydrogen) atoms. The van der Waals surface area contributed by atoms with Crippen LogP contribution in [-0.2, 0) is 4.74 Å². The molecular weight excluding hydrogens is 260 g/mol. The van der Waals surface area contributed by atoms with Gasteiger partial charge in [-0.25, -0.2) is 0 Å². The molecule has 1 aliphatic carbocycles. The van der Waals surface area contributed by atoms with Crippen LogP contribution in [0.25, 0.3) is 0 Å². The van der Waals surface area contributed by atoms with Crippen LogP contribution >= 0.6 is 0 Å². The Morgan fingerprint density at radius 2 is 2.00 bits per heavy atom. The smallest absolute Gasteiger partial charge is 0.0889 e. The highest BCUT2D eigenvalue weighted by Crippen LogP contribution is 2.43. The molecule has 2 rings (SSSR count). The highest BCUT2D eigenvalue weighted by Gasteiger charge is 2.43. The SMILES string of the molecule is CCOC1(C(NN)c2cccc(C)c2C)CCC(C)CC1. The maximum absolute atomic E-state index is 6.28. The molecule has 0 saturated heterocycles. The van der Waals surface area contributed by atoms with Gasteiger partial charge in [-0.2, -0.15) is 0 Å². The summed E-state index contributed by atoms with van der Waals surface area (Å²) in [6.07, 6.45) is 4.57. The minimum absolute atomic E-state index is 0.0600. The first kappa shape index (κ1) is 16.5. The van der Waals surface area contributed by atoms with Gasteiger partial charge in [0.25, 0.3) is 0 Å². The van der Waals surface area contributed by atoms with E-state index in [0.29, 0.717) is 0 Å². The van der Waals surface area contributed by atoms with Gasteiger partial charge in [0.1, 0.15) is 0 Å². The molecule has 3 heteroatoms. The topological polar surface area (TPSA) is 47.3 Å². The lowest BCUT2D eigenvalue weighted by atomic mass is 9.72. The number of nitrogens with one attached hydrogen (secondary N) is 1. The van der Waals surface area contributed by atoms with Crippen molar-refractivity contribution in [2.24, 2.45) is 11.8 Å². The first-order valence-electron chi connectivity index (χ1n) is 8.20. The zero-order valence-corrected chi connectivity index (χ0v) is 13.9. The van der Waals surface area contributed by atoms with Gasteiger partial charge in [0.15, 0.2) is 0 Å². The van der Waals surface area contributed by atoms with Crippen molar-refractivity contribution < 1.29 is 4.74 Å². The van der Waals surface area contributed by atoms with Gasteiger partial charge in [-0.05, 0) is 69.1 Å². The Hall–Kier alpha value is -0.900. The van der Waals surface area contributed by atoms with Gasteiger partial charge < -0.3 is 4.74 Å². The van der Waals surface area contributed by atoms with E-state index >= 15 is 0 Å². The highest BCUT2D eigenvalue weighted by molar-refractivity contribution is 5.37. The number of hydrogen-bond donors (Lipinski definition) is 2. The molecule has 1 unspecified atom stereocenters. The van der Waals surface area contributed by atoms with E-state index < -0.39 is 0 Å². The van der Waals surface area contributed by atoms with Gasteiger partial charge in [-0.1, -0.05) is 25.1 Å². The summed E-state index contributed by atoms with van der Waals surface area (Å²) in [5.41, 5.74) is 6.80. The Labute approximate surface area is 129 Å². The Morgan fingerprint density at radius 1 is 1.33 bits per heavy atom. The number of benzene rings is 1. The first-order valence-corrected chi connectivity index (χ1v) is 8.20. The highest BCUT2D eigenvalue weighted by atomic mass is 16.5. The van der Waals surface area contributed by atoms with Crippen LogP contribution in [0.5, 0.6) is 0 Å². The number of aryl methyl sites for hydroxylation is 1. The van der Waals surface area contributed by atoms with Crippen molar-refractivity contribution in [2.45, 2.75) is 65.0 Å². The van der Waals surface area contributed by atoms with E-state index in [-0.39, 0.29) is 11.6 Å². The van der Waals surface area contributed by atoms with Crippen LogP contribution in [0.15, 0.2) is 18.2 Å². The van der Waals surface area contributed by atoms with E-state index in [9.17, 15) is 0 Å². The van der Waals surface area contributed by atoms with Crippen molar-refractivity contribution in [3.63, 3.8) is 0 Å². The lowest BCUT2D eigenvalue weighted by molar-refractivity contribution is -0.0978. The van der Waals surface area contributed by atoms with E-state index in [4.69, 9.17) is 10.6 Å². The second-order valence-corrected chi connectivity index (χ2v) is 6.57. The fourth-order valence-corrected chi connectivity index (χ4v) is 3.67. The Kier molecular flexibility index (Phi) is 5.42. The second kappa shape index (κ2) is 6.91. The molecule has 1 atom stereocenters. The summed E-state index contributed by atoms with van der Waals surface area (Å²) in [5.74, 6) is 6.76. The zero-order valence-electron chi connectivity index (χ0n) is 13.9. The average Bonchev–Trinajstić information content (AvgIpc) is 2.47. The monoisotopic (exact) mass is 290 g/mol. The molecule has 0 amide bonds. The van der Waals surface area contributed by atoms with Crippen LogP contribution in [-0.4, -0.2) is 12.2 Å². The van der Waals surface area contributed by atoms with Crippen LogP contribution in [0, 0.1) is 19.8 Å². The summed E-state index contributed by atoms with van der Waals surface area (Å²) in [7, 11) is 0. The van der Waals surface area contributed by atoms with Crippen molar-refractivity contribution in [3.05, 3.63) is 34.9 Å². The third kappa shape index (κ3) is 3.31. The molecule has 3 nitrogen and oxygen atoms in total. The molecule has 1 aliphatic rings. The van der Waals surface area contributed by atoms with Gasteiger partial charge in [0.05, 0.1) is 11.6 Å². The van der Waals surface area contributed by atoms with E-state index in [1.807, 2.05) is 0 Å². The summed E-state index contributed by atoms with van der Waals surface area (Å²) >= 11 is 0. The summed E-state index contributed by atoms with van der Waals surface area (Å²) in [5, 5.41) is 0. The molecule has 1 saturated carbocycles. The first-order chi connectivity index (χ1) is 10.0. The van der Waals surface area contributed by atoms with Gasteiger partial charge in [0.2, 0.25) is 0 Å². The maximum atomic E-state index is 6.28. The van der Waals surface area contributed by atoms with Gasteiger partial charge in [-0.3, -0.25) is 11.3 Å². The van der Waals surface area contributed by atoms with Crippen LogP contribution in [0.3, 0.4) is 0 Å². The Balaban J connectivity index is 2.38. The van der Waals surface area contributed by atoms with Gasteiger partial charge in [-0.15, -0.1) is 0 Å². The third-order valence-electron chi connectivity index (χ3n) is 5.20. The van der Waals surface area contributed by atoms with Crippen molar-refractivity contribution >= 4 is 0 Å². The molecule has 0 aromatic heterocycles. The molecule has 1 aromatic rings. The van der Waals surface area contributed by atoms with Crippen molar-refractivity contribution in [1.82, 2.24) is 5.43 Å². The van der Waals surface area contributed by atoms with Gasteiger partial charge >= 0.3 is 0 Å². The summed E-state index contributed by atoms with van der Waals surface area (Å²) in [4.78, 5) is 0. The van der Waals surface area contributed by atoms with E-state index in [1.165, 1.54) is 29.5 Å². The Morgan fingerprint density at radius 3 is 2.57 bits per heavy atom. The lowest BCUT2D eigenvalue weighted by Gasteiger charge is -2.45. The van der Waals surface area contributed by atoms with Crippen molar-refractivity contribution in [1.29, 1.82) is 0 Å². The normalized spacial score (nSPS) is 27.6. The van der Waals surface area contributed by atoms with Crippen molar-refractivity contribution in [2.75, 3.05) is 6.61 Å². The quantitative estimate of drug-likeness (QED) is 0.640. The number of hydrogen-bond acceptors (Lipinski definition) is 3. The minimum Gasteiger partial charge on any atom is -0.373 e. The minimum atomic E-state index is -0.172. The molecule has 1 aromatic carbocycles. The van der Waals surface area contributed by atoms with Crippen LogP contribution in [0.1, 0.15) is 62.3 Å². The molecule has 0 bridgehead atoms. The van der Waals surface area contributed by atoms with E-state index in [1.54, 1.807) is 0 Å². The average molecular weight is 290 g/mol. The fourth-order valence-electron chi connectivity index (χ4n) is 3.67. The molecule has 1 fully saturated rings. The number of rotatable bonds is 5. The summed E-state index contributed by atoms with van der Waals surface area (Å²) in [6, 6.07) is 6.52. The molecule has 0 radical (unpaired) electrons. The van der Waals surface area contributed by atoms with Gasteiger partial charge in [0, 0.05) is 6.61 Å². The molecule has 118 valence electrons. The van der Waals surface area contributed by atoms with E-state index in [0.717, 1.165) is 25.4 Å². The van der Waals surface area contributed by atoms with Crippen LogP contribution in [0.4, 0.5) is 0 Å². The van der Waals surface area contributed by atoms with E-state index in [2.05, 4.69) is 51.3 Å².